The van der Waals surface area contributed by atoms with Crippen LogP contribution in [0.3, 0.4) is 0 Å². The molecule has 0 aliphatic carbocycles. The number of hydrogen-bond donors (Lipinski definition) is 0. The Hall–Kier alpha value is -2.99. The van der Waals surface area contributed by atoms with E-state index < -0.39 is 17.8 Å². The lowest BCUT2D eigenvalue weighted by molar-refractivity contribution is 0.0706. The number of aryl methyl sites for hydroxylation is 2. The van der Waals surface area contributed by atoms with Gasteiger partial charge < -0.3 is 14.1 Å². The van der Waals surface area contributed by atoms with Crippen LogP contribution in [0.1, 0.15) is 45.3 Å². The van der Waals surface area contributed by atoms with Gasteiger partial charge in [-0.1, -0.05) is 24.3 Å². The number of amides is 1. The molecule has 0 bridgehead atoms. The van der Waals surface area contributed by atoms with Crippen molar-refractivity contribution in [1.82, 2.24) is 4.90 Å². The van der Waals surface area contributed by atoms with Crippen molar-refractivity contribution in [2.45, 2.75) is 26.3 Å². The minimum absolute atomic E-state index is 0.00169. The highest BCUT2D eigenvalue weighted by Gasteiger charge is 2.43. The largest absolute Gasteiger partial charge is 0.450 e. The number of halogens is 1. The van der Waals surface area contributed by atoms with Gasteiger partial charge in [0.15, 0.2) is 5.43 Å². The average molecular weight is 395 g/mol. The molecule has 0 N–H and O–H groups in total. The molecule has 1 aliphatic rings. The topological polar surface area (TPSA) is 59.8 Å². The predicted molar refractivity (Wildman–Crippen MR) is 108 cm³/mol. The fraction of sp³-hybridized carbons (Fsp3) is 0.304. The van der Waals surface area contributed by atoms with Gasteiger partial charge in [0, 0.05) is 25.8 Å². The molecule has 29 heavy (non-hydrogen) atoms. The zero-order valence-electron chi connectivity index (χ0n) is 16.6. The molecule has 3 aromatic rings. The van der Waals surface area contributed by atoms with Crippen LogP contribution in [-0.4, -0.2) is 31.1 Å². The first-order chi connectivity index (χ1) is 13.9. The van der Waals surface area contributed by atoms with Gasteiger partial charge in [0.1, 0.15) is 11.4 Å². The Bertz CT molecular complexity index is 1170. The maximum Gasteiger partial charge on any atom is 0.290 e. The highest BCUT2D eigenvalue weighted by Crippen LogP contribution is 2.39. The van der Waals surface area contributed by atoms with Gasteiger partial charge in [-0.2, -0.15) is 0 Å². The molecule has 5 nitrogen and oxygen atoms in total. The Morgan fingerprint density at radius 2 is 1.93 bits per heavy atom. The molecule has 1 amide bonds. The van der Waals surface area contributed by atoms with Crippen LogP contribution in [0.15, 0.2) is 45.6 Å². The van der Waals surface area contributed by atoms with E-state index >= 15 is 0 Å². The SMILES string of the molecule is COCCCN1C(=O)c2oc3cc(C)cc(C)c3c(=O)c2C1c1ccccc1F. The summed E-state index contributed by atoms with van der Waals surface area (Å²) in [6.07, 6.45) is 0.563. The lowest BCUT2D eigenvalue weighted by atomic mass is 9.96. The number of rotatable bonds is 5. The first-order valence-corrected chi connectivity index (χ1v) is 9.56. The van der Waals surface area contributed by atoms with E-state index in [1.54, 1.807) is 31.4 Å². The highest BCUT2D eigenvalue weighted by atomic mass is 19.1. The summed E-state index contributed by atoms with van der Waals surface area (Å²) < 4.78 is 25.7. The third-order valence-electron chi connectivity index (χ3n) is 5.36. The zero-order valence-corrected chi connectivity index (χ0v) is 16.6. The molecule has 1 aliphatic heterocycles. The molecule has 0 radical (unpaired) electrons. The van der Waals surface area contributed by atoms with Crippen LogP contribution in [0.5, 0.6) is 0 Å². The Labute approximate surface area is 167 Å². The lowest BCUT2D eigenvalue weighted by Gasteiger charge is -2.25. The molecule has 0 saturated carbocycles. The van der Waals surface area contributed by atoms with Crippen molar-refractivity contribution in [3.63, 3.8) is 0 Å². The maximum atomic E-state index is 14.7. The second-order valence-electron chi connectivity index (χ2n) is 7.40. The molecule has 0 saturated heterocycles. The van der Waals surface area contributed by atoms with Crippen LogP contribution >= 0.6 is 0 Å². The summed E-state index contributed by atoms with van der Waals surface area (Å²) in [4.78, 5) is 28.2. The van der Waals surface area contributed by atoms with Gasteiger partial charge >= 0.3 is 0 Å². The number of fused-ring (bicyclic) bond motifs is 2. The standard InChI is InChI=1S/C23H22FNO4/c1-13-11-14(2)18-17(12-13)29-22-19(21(18)26)20(15-7-4-5-8-16(15)24)25(23(22)27)9-6-10-28-3/h4-5,7-8,11-12,20H,6,9-10H2,1-3H3. The predicted octanol–water partition coefficient (Wildman–Crippen LogP) is 4.13. The van der Waals surface area contributed by atoms with E-state index in [0.717, 1.165) is 11.1 Å². The number of carbonyl (C=O) groups is 1. The number of carbonyl (C=O) groups excluding carboxylic acids is 1. The maximum absolute atomic E-state index is 14.7. The second kappa shape index (κ2) is 7.44. The van der Waals surface area contributed by atoms with Crippen molar-refractivity contribution in [2.75, 3.05) is 20.3 Å². The van der Waals surface area contributed by atoms with Crippen LogP contribution < -0.4 is 5.43 Å². The summed E-state index contributed by atoms with van der Waals surface area (Å²) in [7, 11) is 1.58. The van der Waals surface area contributed by atoms with E-state index in [-0.39, 0.29) is 22.3 Å². The van der Waals surface area contributed by atoms with Crippen LogP contribution in [0.25, 0.3) is 11.0 Å². The molecule has 2 heterocycles. The van der Waals surface area contributed by atoms with Crippen molar-refractivity contribution in [3.8, 4) is 0 Å². The summed E-state index contributed by atoms with van der Waals surface area (Å²) in [6.45, 7) is 4.51. The van der Waals surface area contributed by atoms with Crippen LogP contribution in [0.4, 0.5) is 4.39 Å². The normalized spacial score (nSPS) is 15.9. The number of methoxy groups -OCH3 is 1. The Morgan fingerprint density at radius 3 is 2.66 bits per heavy atom. The number of hydrogen-bond acceptors (Lipinski definition) is 4. The molecule has 4 rings (SSSR count). The summed E-state index contributed by atoms with van der Waals surface area (Å²) in [5.74, 6) is -0.865. The highest BCUT2D eigenvalue weighted by molar-refractivity contribution is 5.99. The number of nitrogens with zero attached hydrogens (tertiary/aromatic N) is 1. The first kappa shape index (κ1) is 19.3. The molecular formula is C23H22FNO4. The fourth-order valence-electron chi connectivity index (χ4n) is 4.14. The molecule has 0 spiro atoms. The minimum Gasteiger partial charge on any atom is -0.450 e. The summed E-state index contributed by atoms with van der Waals surface area (Å²) in [5.41, 5.74) is 2.30. The quantitative estimate of drug-likeness (QED) is 0.610. The minimum atomic E-state index is -0.822. The molecule has 6 heteroatoms. The number of benzene rings is 2. The summed E-state index contributed by atoms with van der Waals surface area (Å²) in [6, 6.07) is 9.06. The van der Waals surface area contributed by atoms with E-state index in [4.69, 9.17) is 9.15 Å². The van der Waals surface area contributed by atoms with Crippen molar-refractivity contribution in [2.24, 2.45) is 0 Å². The van der Waals surface area contributed by atoms with Crippen molar-refractivity contribution in [3.05, 3.63) is 80.5 Å². The third kappa shape index (κ3) is 3.13. The third-order valence-corrected chi connectivity index (χ3v) is 5.36. The molecule has 1 aromatic heterocycles. The van der Waals surface area contributed by atoms with Gasteiger partial charge in [-0.05, 0) is 43.5 Å². The number of ether oxygens (including phenoxy) is 1. The first-order valence-electron chi connectivity index (χ1n) is 9.56. The average Bonchev–Trinajstić information content (AvgIpc) is 2.94. The Morgan fingerprint density at radius 1 is 1.17 bits per heavy atom. The smallest absolute Gasteiger partial charge is 0.290 e. The van der Waals surface area contributed by atoms with Gasteiger partial charge in [0.25, 0.3) is 5.91 Å². The molecular weight excluding hydrogens is 373 g/mol. The van der Waals surface area contributed by atoms with E-state index in [1.165, 1.54) is 11.0 Å². The van der Waals surface area contributed by atoms with E-state index in [1.807, 2.05) is 19.9 Å². The van der Waals surface area contributed by atoms with E-state index in [9.17, 15) is 14.0 Å². The van der Waals surface area contributed by atoms with Gasteiger partial charge in [-0.15, -0.1) is 0 Å². The zero-order chi connectivity index (χ0) is 20.7. The molecule has 0 fully saturated rings. The van der Waals surface area contributed by atoms with E-state index in [0.29, 0.717) is 30.5 Å². The van der Waals surface area contributed by atoms with Crippen LogP contribution in [0, 0.1) is 19.7 Å². The van der Waals surface area contributed by atoms with Gasteiger partial charge in [-0.3, -0.25) is 9.59 Å². The lowest BCUT2D eigenvalue weighted by Crippen LogP contribution is -2.31. The van der Waals surface area contributed by atoms with Crippen LogP contribution in [-0.2, 0) is 4.74 Å². The van der Waals surface area contributed by atoms with Gasteiger partial charge in [0.2, 0.25) is 5.76 Å². The van der Waals surface area contributed by atoms with E-state index in [2.05, 4.69) is 0 Å². The molecule has 2 aromatic carbocycles. The van der Waals surface area contributed by atoms with Gasteiger partial charge in [-0.25, -0.2) is 4.39 Å². The Balaban J connectivity index is 1.98. The summed E-state index contributed by atoms with van der Waals surface area (Å²) >= 11 is 0. The van der Waals surface area contributed by atoms with Gasteiger partial charge in [0.05, 0.1) is 17.0 Å². The monoisotopic (exact) mass is 395 g/mol. The molecule has 150 valence electrons. The second-order valence-corrected chi connectivity index (χ2v) is 7.40. The molecule has 1 unspecified atom stereocenters. The molecule has 1 atom stereocenters. The summed E-state index contributed by atoms with van der Waals surface area (Å²) in [5, 5.41) is 0.433. The fourth-order valence-corrected chi connectivity index (χ4v) is 4.14. The Kier molecular flexibility index (Phi) is 4.96. The van der Waals surface area contributed by atoms with Crippen molar-refractivity contribution >= 4 is 16.9 Å². The van der Waals surface area contributed by atoms with Crippen LogP contribution in [0.2, 0.25) is 0 Å². The van der Waals surface area contributed by atoms with Crippen molar-refractivity contribution < 1.29 is 18.3 Å². The van der Waals surface area contributed by atoms with Crippen molar-refractivity contribution in [1.29, 1.82) is 0 Å².